The lowest BCUT2D eigenvalue weighted by Gasteiger charge is -2.42. The van der Waals surface area contributed by atoms with E-state index in [9.17, 15) is 14.4 Å². The zero-order valence-electron chi connectivity index (χ0n) is 22.2. The lowest BCUT2D eigenvalue weighted by molar-refractivity contribution is -0.148. The van der Waals surface area contributed by atoms with Gasteiger partial charge in [0.05, 0.1) is 0 Å². The molecule has 7 nitrogen and oxygen atoms in total. The Labute approximate surface area is 214 Å². The number of terminal acetylenes is 1. The predicted molar refractivity (Wildman–Crippen MR) is 141 cm³/mol. The minimum absolute atomic E-state index is 0.284. The highest BCUT2D eigenvalue weighted by atomic mass is 16.6. The van der Waals surface area contributed by atoms with E-state index in [-0.39, 0.29) is 12.5 Å². The second kappa shape index (κ2) is 11.8. The Morgan fingerprint density at radius 1 is 0.972 bits per heavy atom. The van der Waals surface area contributed by atoms with Crippen LogP contribution >= 0.6 is 0 Å². The second-order valence-electron chi connectivity index (χ2n) is 10.6. The van der Waals surface area contributed by atoms with Gasteiger partial charge in [0.2, 0.25) is 11.8 Å². The van der Waals surface area contributed by atoms with E-state index in [4.69, 9.17) is 11.2 Å². The molecule has 2 atom stereocenters. The third kappa shape index (κ3) is 7.88. The summed E-state index contributed by atoms with van der Waals surface area (Å²) >= 11 is 0. The van der Waals surface area contributed by atoms with E-state index in [0.717, 1.165) is 5.56 Å². The van der Waals surface area contributed by atoms with Gasteiger partial charge in [-0.15, -0.1) is 6.42 Å². The van der Waals surface area contributed by atoms with Crippen molar-refractivity contribution in [1.82, 2.24) is 15.5 Å². The molecule has 0 heterocycles. The number of ether oxygens (including phenoxy) is 1. The SMILES string of the molecule is C#Cc1ccccc1C(C(=O)NCc1ccccc1)N(C(=O)C(C)NC(=O)OC(C)(C)C)C(C)(C)C. The number of carbonyl (C=O) groups excluding carboxylic acids is 3. The monoisotopic (exact) mass is 491 g/mol. The summed E-state index contributed by atoms with van der Waals surface area (Å²) in [5, 5.41) is 5.55. The van der Waals surface area contributed by atoms with Crippen LogP contribution in [0.2, 0.25) is 0 Å². The molecule has 0 aromatic heterocycles. The predicted octanol–water partition coefficient (Wildman–Crippen LogP) is 4.57. The topological polar surface area (TPSA) is 87.7 Å². The standard InChI is InChI=1S/C29H37N3O4/c1-9-22-17-13-14-18-23(22)24(25(33)30-19-21-15-11-10-12-16-21)32(28(3,4)5)26(34)20(2)31-27(35)36-29(6,7)8/h1,10-18,20,24H,19H2,2-8H3,(H,30,33)(H,31,35). The lowest BCUT2D eigenvalue weighted by atomic mass is 9.93. The first kappa shape index (κ1) is 28.4. The number of alkyl carbamates (subject to hydrolysis) is 1. The van der Waals surface area contributed by atoms with E-state index in [1.807, 2.05) is 51.1 Å². The number of nitrogens with zero attached hydrogens (tertiary/aromatic N) is 1. The summed E-state index contributed by atoms with van der Waals surface area (Å²) in [5.41, 5.74) is 0.438. The molecule has 0 bridgehead atoms. The summed E-state index contributed by atoms with van der Waals surface area (Å²) in [7, 11) is 0. The molecule has 192 valence electrons. The summed E-state index contributed by atoms with van der Waals surface area (Å²) in [6.45, 7) is 12.6. The molecule has 0 radical (unpaired) electrons. The summed E-state index contributed by atoms with van der Waals surface area (Å²) in [5.74, 6) is 1.80. The van der Waals surface area contributed by atoms with Crippen LogP contribution in [0.5, 0.6) is 0 Å². The molecule has 0 aliphatic rings. The number of hydrogen-bond donors (Lipinski definition) is 2. The van der Waals surface area contributed by atoms with Crippen LogP contribution in [-0.2, 0) is 20.9 Å². The van der Waals surface area contributed by atoms with Gasteiger partial charge in [-0.25, -0.2) is 4.79 Å². The zero-order valence-corrected chi connectivity index (χ0v) is 22.2. The van der Waals surface area contributed by atoms with Crippen LogP contribution in [0.1, 0.15) is 71.2 Å². The molecule has 2 unspecified atom stereocenters. The van der Waals surface area contributed by atoms with Gasteiger partial charge < -0.3 is 20.3 Å². The van der Waals surface area contributed by atoms with Crippen molar-refractivity contribution >= 4 is 17.9 Å². The lowest BCUT2D eigenvalue weighted by Crippen LogP contribution is -2.58. The molecule has 36 heavy (non-hydrogen) atoms. The van der Waals surface area contributed by atoms with Gasteiger partial charge in [-0.2, -0.15) is 0 Å². The molecular formula is C29H37N3O4. The van der Waals surface area contributed by atoms with Crippen molar-refractivity contribution in [1.29, 1.82) is 0 Å². The van der Waals surface area contributed by atoms with Gasteiger partial charge >= 0.3 is 6.09 Å². The van der Waals surface area contributed by atoms with Crippen LogP contribution in [0.4, 0.5) is 4.79 Å². The van der Waals surface area contributed by atoms with E-state index in [1.54, 1.807) is 52.0 Å². The Bertz CT molecular complexity index is 1110. The van der Waals surface area contributed by atoms with Crippen LogP contribution in [0.25, 0.3) is 0 Å². The second-order valence-corrected chi connectivity index (χ2v) is 10.6. The Morgan fingerprint density at radius 2 is 1.56 bits per heavy atom. The molecule has 7 heteroatoms. The first-order chi connectivity index (χ1) is 16.7. The number of nitrogens with one attached hydrogen (secondary N) is 2. The van der Waals surface area contributed by atoms with Crippen molar-refractivity contribution in [2.45, 2.75) is 78.2 Å². The Morgan fingerprint density at radius 3 is 2.11 bits per heavy atom. The Hall–Kier alpha value is -3.79. The quantitative estimate of drug-likeness (QED) is 0.556. The number of amides is 3. The van der Waals surface area contributed by atoms with Crippen LogP contribution in [-0.4, -0.2) is 40.0 Å². The first-order valence-electron chi connectivity index (χ1n) is 11.9. The van der Waals surface area contributed by atoms with E-state index >= 15 is 0 Å². The number of carbonyl (C=O) groups is 3. The maximum absolute atomic E-state index is 13.8. The molecule has 0 spiro atoms. The van der Waals surface area contributed by atoms with Crippen molar-refractivity contribution in [3.05, 3.63) is 71.3 Å². The highest BCUT2D eigenvalue weighted by molar-refractivity contribution is 5.92. The number of rotatable bonds is 7. The van der Waals surface area contributed by atoms with Crippen LogP contribution in [0.15, 0.2) is 54.6 Å². The number of benzene rings is 2. The van der Waals surface area contributed by atoms with E-state index in [2.05, 4.69) is 16.6 Å². The molecule has 0 saturated carbocycles. The van der Waals surface area contributed by atoms with Crippen LogP contribution < -0.4 is 10.6 Å². The fraction of sp³-hybridized carbons (Fsp3) is 0.414. The third-order valence-electron chi connectivity index (χ3n) is 5.29. The van der Waals surface area contributed by atoms with Crippen molar-refractivity contribution in [2.24, 2.45) is 0 Å². The molecule has 2 aromatic rings. The molecule has 2 N–H and O–H groups in total. The normalized spacial score (nSPS) is 13.1. The summed E-state index contributed by atoms with van der Waals surface area (Å²) in [6.07, 6.45) is 5.05. The van der Waals surface area contributed by atoms with Gasteiger partial charge in [-0.3, -0.25) is 9.59 Å². The Balaban J connectivity index is 2.47. The van der Waals surface area contributed by atoms with E-state index < -0.39 is 35.2 Å². The maximum Gasteiger partial charge on any atom is 0.408 e. The average Bonchev–Trinajstić information content (AvgIpc) is 2.79. The highest BCUT2D eigenvalue weighted by Gasteiger charge is 2.41. The fourth-order valence-corrected chi connectivity index (χ4v) is 3.75. The van der Waals surface area contributed by atoms with E-state index in [0.29, 0.717) is 11.1 Å². The molecule has 0 saturated heterocycles. The molecule has 0 aliphatic carbocycles. The van der Waals surface area contributed by atoms with Crippen molar-refractivity contribution in [2.75, 3.05) is 0 Å². The van der Waals surface area contributed by atoms with Gasteiger partial charge in [-0.05, 0) is 65.7 Å². The third-order valence-corrected chi connectivity index (χ3v) is 5.29. The zero-order chi connectivity index (χ0) is 27.1. The van der Waals surface area contributed by atoms with Crippen LogP contribution in [0, 0.1) is 12.3 Å². The minimum atomic E-state index is -1.03. The van der Waals surface area contributed by atoms with Crippen LogP contribution in [0.3, 0.4) is 0 Å². The van der Waals surface area contributed by atoms with Gasteiger partial charge in [0.15, 0.2) is 0 Å². The largest absolute Gasteiger partial charge is 0.444 e. The van der Waals surface area contributed by atoms with Gasteiger partial charge in [0.25, 0.3) is 0 Å². The first-order valence-corrected chi connectivity index (χ1v) is 11.9. The molecule has 2 aromatic carbocycles. The summed E-state index contributed by atoms with van der Waals surface area (Å²) < 4.78 is 5.31. The maximum atomic E-state index is 13.8. The van der Waals surface area contributed by atoms with Crippen molar-refractivity contribution < 1.29 is 19.1 Å². The summed E-state index contributed by atoms with van der Waals surface area (Å²) in [4.78, 5) is 41.4. The van der Waals surface area contributed by atoms with E-state index in [1.165, 1.54) is 4.90 Å². The molecule has 0 fully saturated rings. The number of hydrogen-bond acceptors (Lipinski definition) is 4. The van der Waals surface area contributed by atoms with Crippen molar-refractivity contribution in [3.8, 4) is 12.3 Å². The van der Waals surface area contributed by atoms with Gasteiger partial charge in [0.1, 0.15) is 17.7 Å². The minimum Gasteiger partial charge on any atom is -0.444 e. The Kier molecular flexibility index (Phi) is 9.29. The van der Waals surface area contributed by atoms with Crippen molar-refractivity contribution in [3.63, 3.8) is 0 Å². The van der Waals surface area contributed by atoms with Gasteiger partial charge in [0, 0.05) is 17.6 Å². The average molecular weight is 492 g/mol. The molecule has 2 rings (SSSR count). The van der Waals surface area contributed by atoms with Gasteiger partial charge in [-0.1, -0.05) is 54.5 Å². The smallest absolute Gasteiger partial charge is 0.408 e. The highest BCUT2D eigenvalue weighted by Crippen LogP contribution is 2.32. The molecular weight excluding hydrogens is 454 g/mol. The summed E-state index contributed by atoms with van der Waals surface area (Å²) in [6, 6.07) is 14.6. The molecule has 0 aliphatic heterocycles. The fourth-order valence-electron chi connectivity index (χ4n) is 3.75. The molecule has 3 amide bonds.